The van der Waals surface area contributed by atoms with Gasteiger partial charge in [0.05, 0.1) is 0 Å². The van der Waals surface area contributed by atoms with E-state index in [0.29, 0.717) is 0 Å². The predicted octanol–water partition coefficient (Wildman–Crippen LogP) is -11.7. The Kier molecular flexibility index (Phi) is 207. The molecule has 0 aliphatic rings. The number of hydrogen-bond donors (Lipinski definition) is 12. The van der Waals surface area contributed by atoms with E-state index in [4.69, 9.17) is 58.7 Å². The summed E-state index contributed by atoms with van der Waals surface area (Å²) in [6.07, 6.45) is 0. The summed E-state index contributed by atoms with van der Waals surface area (Å²) in [5, 5.41) is 0. The van der Waals surface area contributed by atoms with Gasteiger partial charge < -0.3 is 1.43 Å². The summed E-state index contributed by atoms with van der Waals surface area (Å²) in [5.41, 5.74) is 0. The molecule has 31 heteroatoms. The third-order valence-electron chi connectivity index (χ3n) is 0. The van der Waals surface area contributed by atoms with E-state index in [1.54, 1.807) is 0 Å². The van der Waals surface area contributed by atoms with Gasteiger partial charge in [-0.25, -0.2) is 0 Å². The molecule has 0 bridgehead atoms. The van der Waals surface area contributed by atoms with Gasteiger partial charge in [0.1, 0.15) is 0 Å². The van der Waals surface area contributed by atoms with Crippen LogP contribution in [0.3, 0.4) is 0 Å². The Balaban J connectivity index is -0.00000000964. The Hall–Kier alpha value is 3.41. The summed E-state index contributed by atoms with van der Waals surface area (Å²) in [4.78, 5) is 0. The van der Waals surface area contributed by atoms with Gasteiger partial charge in [0, 0.05) is 0 Å². The maximum atomic E-state index is 8.82. The zero-order valence-electron chi connectivity index (χ0n) is 14.9. The van der Waals surface area contributed by atoms with Crippen molar-refractivity contribution in [3.8, 4) is 0 Å². The summed E-state index contributed by atoms with van der Waals surface area (Å²) in [6.45, 7) is 0. The molecular weight excluding hydrogens is 1140 g/mol. The van der Waals surface area contributed by atoms with E-state index in [-0.39, 0.29) is 48.5 Å². The molecule has 0 heterocycles. The van der Waals surface area contributed by atoms with Crippen LogP contribution < -0.4 is 18.9 Å². The van der Waals surface area contributed by atoms with Crippen LogP contribution in [0.15, 0.2) is 0 Å². The van der Waals surface area contributed by atoms with E-state index in [1.807, 2.05) is 0 Å². The Morgan fingerprint density at radius 2 is 0.290 bits per heavy atom. The van der Waals surface area contributed by atoms with Crippen LogP contribution in [0, 0.1) is 0 Å². The van der Waals surface area contributed by atoms with Crippen LogP contribution in [0.2, 0.25) is 0 Å². The summed E-state index contributed by atoms with van der Waals surface area (Å²) in [5.74, 6) is 0. The molecule has 0 spiro atoms. The third-order valence-corrected chi connectivity index (χ3v) is 0. The standard InChI is InChI=1S/6FH.Li.12H2O.6O.6Sb.H/h6*1H;;12*1H2;;;;;;;;;;;;;/q;;;;;;+1;;;;;;;;;;;;;;;;;;;6*+2;-1/p-12. The molecule has 31 heavy (non-hydrogen) atoms. The molecule has 0 rings (SSSR count). The molecule has 0 unspecified atom stereocenters. The molecule has 6 radical (unpaired) electrons. The Morgan fingerprint density at radius 3 is 0.290 bits per heavy atom. The molecule has 0 aromatic rings. The monoisotopic (exact) mass is 1150 g/mol. The summed E-state index contributed by atoms with van der Waals surface area (Å²) >= 11 is -22.2. The minimum absolute atomic E-state index is 0. The molecule has 200 valence electrons. The van der Waals surface area contributed by atoms with Gasteiger partial charge in [0.15, 0.2) is 0 Å². The fourth-order valence-electron chi connectivity index (χ4n) is 0. The van der Waals surface area contributed by atoms with Gasteiger partial charge in [-0.2, -0.15) is 0 Å². The fraction of sp³-hybridized carbons (Fsp3) is 0. The van der Waals surface area contributed by atoms with Crippen molar-refractivity contribution in [2.75, 3.05) is 0 Å². The van der Waals surface area contributed by atoms with Crippen LogP contribution >= 0.6 is 0 Å². The second kappa shape index (κ2) is 76.6. The molecule has 18 nitrogen and oxygen atoms in total. The van der Waals surface area contributed by atoms with Crippen molar-refractivity contribution in [2.24, 2.45) is 0 Å². The summed E-state index contributed by atoms with van der Waals surface area (Å²) in [6, 6.07) is 0. The maximum absolute atomic E-state index is 8.82. The van der Waals surface area contributed by atoms with Gasteiger partial charge in [-0.3, -0.25) is 28.2 Å². The van der Waals surface area contributed by atoms with Gasteiger partial charge in [0.2, 0.25) is 0 Å². The number of halogens is 6. The quantitative estimate of drug-likeness (QED) is 0.0792. The number of rotatable bonds is 0. The van der Waals surface area contributed by atoms with Crippen molar-refractivity contribution in [1.29, 1.82) is 0 Å². The average Bonchev–Trinajstić information content (AvgIpc) is 2.08. The normalized spacial score (nSPS) is 5.03. The first kappa shape index (κ1) is 83.8. The van der Waals surface area contributed by atoms with E-state index >= 15 is 0 Å². The van der Waals surface area contributed by atoms with Crippen molar-refractivity contribution < 1.29 is 107 Å². The molecule has 0 aliphatic heterocycles. The Morgan fingerprint density at radius 1 is 0.290 bits per heavy atom. The average molecular weight is 1160 g/mol. The van der Waals surface area contributed by atoms with Crippen LogP contribution in [0.1, 0.15) is 1.43 Å². The molecule has 0 aromatic heterocycles. The van der Waals surface area contributed by atoms with Crippen molar-refractivity contribution >= 4 is 126 Å². The fourth-order valence-corrected chi connectivity index (χ4v) is 0. The van der Waals surface area contributed by atoms with Crippen LogP contribution in [0.25, 0.3) is 0 Å². The van der Waals surface area contributed by atoms with Crippen LogP contribution in [-0.2, 0) is 18.1 Å². The van der Waals surface area contributed by atoms with Crippen LogP contribution in [-0.4, -0.2) is 167 Å². The Labute approximate surface area is 229 Å². The molecule has 0 amide bonds. The van der Waals surface area contributed by atoms with Gasteiger partial charge in [0.25, 0.3) is 0 Å². The SMILES string of the molecule is F.F.F.F.F.F.[H-].[Li+].[O]=[Sb]([OH])[OH].[O]=[Sb]([OH])[OH].[O]=[Sb]([OH])[OH].[O]=[Sb]([OH])[OH].[O]=[Sb]([OH])[OH].[O]=[Sb]([OH])[OH]. The second-order valence-electron chi connectivity index (χ2n) is 1.52. The molecule has 0 fully saturated rings. The molecule has 12 N–H and O–H groups in total. The third kappa shape index (κ3) is 2840. The molecule has 0 saturated carbocycles. The summed E-state index contributed by atoms with van der Waals surface area (Å²) < 4.78 is 140. The van der Waals surface area contributed by atoms with Crippen LogP contribution in [0.5, 0.6) is 0 Å². The first-order chi connectivity index (χ1) is 10.4. The van der Waals surface area contributed by atoms with E-state index in [2.05, 4.69) is 0 Å². The van der Waals surface area contributed by atoms with E-state index < -0.39 is 126 Å². The van der Waals surface area contributed by atoms with Crippen LogP contribution in [0.4, 0.5) is 28.2 Å². The van der Waals surface area contributed by atoms with Crippen molar-refractivity contribution in [3.05, 3.63) is 0 Å². The number of hydrogen-bond acceptors (Lipinski definition) is 6. The van der Waals surface area contributed by atoms with E-state index in [0.717, 1.165) is 0 Å². The molecule has 0 saturated heterocycles. The van der Waals surface area contributed by atoms with E-state index in [1.165, 1.54) is 0 Å². The minimum atomic E-state index is -3.70. The van der Waals surface area contributed by atoms with Crippen molar-refractivity contribution in [3.63, 3.8) is 0 Å². The molecular formula is H19F6LiO18Sb6. The molecule has 0 aromatic carbocycles. The van der Waals surface area contributed by atoms with Crippen molar-refractivity contribution in [2.45, 2.75) is 0 Å². The molecule has 0 atom stereocenters. The zero-order chi connectivity index (χ0) is 21.5. The van der Waals surface area contributed by atoms with Gasteiger partial charge in [-0.05, 0) is 0 Å². The summed E-state index contributed by atoms with van der Waals surface area (Å²) in [7, 11) is 0. The predicted molar refractivity (Wildman–Crippen MR) is 81.4 cm³/mol. The van der Waals surface area contributed by atoms with Gasteiger partial charge in [-0.1, -0.05) is 0 Å². The Bertz CT molecular complexity index is 285. The van der Waals surface area contributed by atoms with Gasteiger partial charge >= 0.3 is 204 Å². The zero-order valence-corrected chi connectivity index (χ0v) is 29.3. The van der Waals surface area contributed by atoms with Gasteiger partial charge in [-0.15, -0.1) is 0 Å². The second-order valence-corrected chi connectivity index (χ2v) is 10.2. The van der Waals surface area contributed by atoms with Crippen molar-refractivity contribution in [1.82, 2.24) is 0 Å². The first-order valence-corrected chi connectivity index (χ1v) is 23.4. The molecule has 0 aliphatic carbocycles. The van der Waals surface area contributed by atoms with E-state index in [9.17, 15) is 0 Å². The first-order valence-electron chi connectivity index (χ1n) is 3.50. The topological polar surface area (TPSA) is 345 Å².